The molecule has 0 saturated heterocycles. The van der Waals surface area contributed by atoms with Gasteiger partial charge in [0.2, 0.25) is 15.9 Å². The van der Waals surface area contributed by atoms with Crippen molar-refractivity contribution in [2.75, 3.05) is 5.32 Å². The first kappa shape index (κ1) is 19.1. The number of sulfonamides is 1. The average molecular weight is 360 g/mol. The molecule has 0 spiro atoms. The van der Waals surface area contributed by atoms with Crippen LogP contribution in [0.4, 0.5) is 5.69 Å². The van der Waals surface area contributed by atoms with Crippen LogP contribution >= 0.6 is 0 Å². The minimum atomic E-state index is -3.59. The summed E-state index contributed by atoms with van der Waals surface area (Å²) >= 11 is 0. The highest BCUT2D eigenvalue weighted by molar-refractivity contribution is 7.89. The molecular formula is C19H24N2O3S. The summed E-state index contributed by atoms with van der Waals surface area (Å²) in [6.45, 7) is 5.04. The molecule has 2 aromatic carbocycles. The molecule has 2 N–H and O–H groups in total. The Labute approximate surface area is 149 Å². The van der Waals surface area contributed by atoms with Gasteiger partial charge in [-0.15, -0.1) is 0 Å². The van der Waals surface area contributed by atoms with E-state index in [1.807, 2.05) is 37.3 Å². The second kappa shape index (κ2) is 8.27. The van der Waals surface area contributed by atoms with Crippen molar-refractivity contribution >= 4 is 21.6 Å². The lowest BCUT2D eigenvalue weighted by molar-refractivity contribution is -0.114. The van der Waals surface area contributed by atoms with Gasteiger partial charge in [0, 0.05) is 18.7 Å². The third-order valence-corrected chi connectivity index (χ3v) is 5.47. The van der Waals surface area contributed by atoms with Crippen molar-refractivity contribution in [3.05, 3.63) is 59.7 Å². The monoisotopic (exact) mass is 360 g/mol. The zero-order valence-corrected chi connectivity index (χ0v) is 15.6. The summed E-state index contributed by atoms with van der Waals surface area (Å²) in [5.41, 5.74) is 2.50. The highest BCUT2D eigenvalue weighted by Gasteiger charge is 2.18. The fourth-order valence-corrected chi connectivity index (χ4v) is 3.92. The molecule has 0 aliphatic carbocycles. The van der Waals surface area contributed by atoms with Gasteiger partial charge in [0.05, 0.1) is 4.90 Å². The molecule has 0 saturated carbocycles. The molecule has 134 valence electrons. The molecule has 0 heterocycles. The Hall–Kier alpha value is -2.18. The molecule has 0 aliphatic rings. The topological polar surface area (TPSA) is 75.3 Å². The molecule has 1 amide bonds. The van der Waals surface area contributed by atoms with Crippen molar-refractivity contribution < 1.29 is 13.2 Å². The van der Waals surface area contributed by atoms with Crippen LogP contribution in [-0.4, -0.2) is 20.4 Å². The fraction of sp³-hybridized carbons (Fsp3) is 0.316. The lowest BCUT2D eigenvalue weighted by Gasteiger charge is -2.15. The lowest BCUT2D eigenvalue weighted by Crippen LogP contribution is -2.33. The summed E-state index contributed by atoms with van der Waals surface area (Å²) in [4.78, 5) is 11.3. The summed E-state index contributed by atoms with van der Waals surface area (Å²) in [7, 11) is -3.59. The van der Waals surface area contributed by atoms with Crippen LogP contribution in [0.2, 0.25) is 0 Å². The van der Waals surface area contributed by atoms with Crippen molar-refractivity contribution in [3.8, 4) is 0 Å². The summed E-state index contributed by atoms with van der Waals surface area (Å²) in [5, 5.41) is 2.68. The molecule has 0 bridgehead atoms. The zero-order valence-electron chi connectivity index (χ0n) is 14.7. The third kappa shape index (κ3) is 5.69. The van der Waals surface area contributed by atoms with E-state index in [4.69, 9.17) is 0 Å². The number of benzene rings is 2. The molecule has 5 nitrogen and oxygen atoms in total. The van der Waals surface area contributed by atoms with E-state index in [9.17, 15) is 13.2 Å². The van der Waals surface area contributed by atoms with E-state index in [1.54, 1.807) is 19.1 Å². The van der Waals surface area contributed by atoms with Gasteiger partial charge in [0.25, 0.3) is 0 Å². The smallest absolute Gasteiger partial charge is 0.240 e. The number of carbonyl (C=O) groups excluding carboxylic acids is 1. The molecule has 6 heteroatoms. The molecular weight excluding hydrogens is 336 g/mol. The van der Waals surface area contributed by atoms with Crippen LogP contribution in [0.25, 0.3) is 0 Å². The maximum absolute atomic E-state index is 12.5. The molecule has 2 rings (SSSR count). The van der Waals surface area contributed by atoms with E-state index in [-0.39, 0.29) is 16.8 Å². The van der Waals surface area contributed by atoms with Crippen LogP contribution < -0.4 is 10.0 Å². The van der Waals surface area contributed by atoms with E-state index < -0.39 is 10.0 Å². The second-order valence-corrected chi connectivity index (χ2v) is 7.92. The van der Waals surface area contributed by atoms with Crippen molar-refractivity contribution in [2.45, 2.75) is 44.6 Å². The summed E-state index contributed by atoms with van der Waals surface area (Å²) < 4.78 is 27.8. The van der Waals surface area contributed by atoms with Gasteiger partial charge >= 0.3 is 0 Å². The van der Waals surface area contributed by atoms with Crippen molar-refractivity contribution in [1.82, 2.24) is 4.72 Å². The number of hydrogen-bond acceptors (Lipinski definition) is 3. The van der Waals surface area contributed by atoms with Gasteiger partial charge in [-0.3, -0.25) is 4.79 Å². The van der Waals surface area contributed by atoms with E-state index >= 15 is 0 Å². The maximum atomic E-state index is 12.5. The number of anilines is 1. The molecule has 0 fully saturated rings. The predicted octanol–water partition coefficient (Wildman–Crippen LogP) is 3.25. The van der Waals surface area contributed by atoms with Crippen LogP contribution in [0, 0.1) is 6.92 Å². The number of amides is 1. The quantitative estimate of drug-likeness (QED) is 0.796. The van der Waals surface area contributed by atoms with Gasteiger partial charge in [-0.1, -0.05) is 30.3 Å². The maximum Gasteiger partial charge on any atom is 0.240 e. The Kier molecular flexibility index (Phi) is 6.33. The molecule has 0 aliphatic heterocycles. The first-order valence-corrected chi connectivity index (χ1v) is 9.71. The molecule has 25 heavy (non-hydrogen) atoms. The number of aryl methyl sites for hydroxylation is 2. The number of hydrogen-bond donors (Lipinski definition) is 2. The predicted molar refractivity (Wildman–Crippen MR) is 100 cm³/mol. The van der Waals surface area contributed by atoms with Gasteiger partial charge in [0.1, 0.15) is 0 Å². The standard InChI is InChI=1S/C19H24N2O3S/c1-14-13-18(11-12-19(14)20-16(3)22)25(23,24)21-15(2)9-10-17-7-5-4-6-8-17/h4-8,11-13,15,21H,9-10H2,1-3H3,(H,20,22)/t15-/m0/s1. The van der Waals surface area contributed by atoms with Crippen LogP contribution in [0.5, 0.6) is 0 Å². The van der Waals surface area contributed by atoms with Gasteiger partial charge in [-0.2, -0.15) is 0 Å². The Balaban J connectivity index is 2.02. The molecule has 0 aromatic heterocycles. The van der Waals surface area contributed by atoms with Gasteiger partial charge in [-0.05, 0) is 56.0 Å². The van der Waals surface area contributed by atoms with Gasteiger partial charge in [-0.25, -0.2) is 13.1 Å². The van der Waals surface area contributed by atoms with E-state index in [1.165, 1.54) is 18.6 Å². The largest absolute Gasteiger partial charge is 0.326 e. The van der Waals surface area contributed by atoms with Crippen LogP contribution in [0.15, 0.2) is 53.4 Å². The van der Waals surface area contributed by atoms with Crippen LogP contribution in [0.1, 0.15) is 31.4 Å². The van der Waals surface area contributed by atoms with Crippen molar-refractivity contribution in [1.29, 1.82) is 0 Å². The number of carbonyl (C=O) groups is 1. The lowest BCUT2D eigenvalue weighted by atomic mass is 10.1. The normalized spacial score (nSPS) is 12.6. The Morgan fingerprint density at radius 1 is 1.12 bits per heavy atom. The molecule has 1 atom stereocenters. The SMILES string of the molecule is CC(=O)Nc1ccc(S(=O)(=O)N[C@@H](C)CCc2ccccc2)cc1C. The summed E-state index contributed by atoms with van der Waals surface area (Å²) in [6.07, 6.45) is 1.53. The number of nitrogens with one attached hydrogen (secondary N) is 2. The fourth-order valence-electron chi connectivity index (χ4n) is 2.55. The summed E-state index contributed by atoms with van der Waals surface area (Å²) in [6, 6.07) is 14.5. The third-order valence-electron chi connectivity index (χ3n) is 3.88. The van der Waals surface area contributed by atoms with Crippen LogP contribution in [-0.2, 0) is 21.2 Å². The second-order valence-electron chi connectivity index (χ2n) is 6.20. The van der Waals surface area contributed by atoms with Crippen molar-refractivity contribution in [2.24, 2.45) is 0 Å². The first-order valence-electron chi connectivity index (χ1n) is 8.22. The Bertz CT molecular complexity index is 833. The average Bonchev–Trinajstić information content (AvgIpc) is 2.55. The van der Waals surface area contributed by atoms with Gasteiger partial charge < -0.3 is 5.32 Å². The van der Waals surface area contributed by atoms with E-state index in [0.29, 0.717) is 17.7 Å². The molecule has 0 unspecified atom stereocenters. The van der Waals surface area contributed by atoms with Gasteiger partial charge in [0.15, 0.2) is 0 Å². The minimum Gasteiger partial charge on any atom is -0.326 e. The van der Waals surface area contributed by atoms with E-state index in [0.717, 1.165) is 6.42 Å². The highest BCUT2D eigenvalue weighted by atomic mass is 32.2. The summed E-state index contributed by atoms with van der Waals surface area (Å²) in [5.74, 6) is -0.189. The highest BCUT2D eigenvalue weighted by Crippen LogP contribution is 2.20. The Morgan fingerprint density at radius 2 is 1.80 bits per heavy atom. The molecule has 2 aromatic rings. The number of rotatable bonds is 7. The minimum absolute atomic E-state index is 0.180. The van der Waals surface area contributed by atoms with Crippen LogP contribution in [0.3, 0.4) is 0 Å². The van der Waals surface area contributed by atoms with Crippen molar-refractivity contribution in [3.63, 3.8) is 0 Å². The zero-order chi connectivity index (χ0) is 18.4. The first-order chi connectivity index (χ1) is 11.8. The Morgan fingerprint density at radius 3 is 2.40 bits per heavy atom. The van der Waals surface area contributed by atoms with E-state index in [2.05, 4.69) is 10.0 Å². The molecule has 0 radical (unpaired) electrons.